The normalized spacial score (nSPS) is 13.8. The van der Waals surface area contributed by atoms with E-state index in [2.05, 4.69) is 5.32 Å². The zero-order chi connectivity index (χ0) is 24.6. The highest BCUT2D eigenvalue weighted by Crippen LogP contribution is 2.36. The number of thioether (sulfide) groups is 1. The van der Waals surface area contributed by atoms with E-state index in [1.54, 1.807) is 29.9 Å². The third-order valence-corrected chi connectivity index (χ3v) is 8.22. The third kappa shape index (κ3) is 4.90. The Morgan fingerprint density at radius 3 is 2.59 bits per heavy atom. The molecule has 7 nitrogen and oxygen atoms in total. The maximum Gasteiger partial charge on any atom is 0.263 e. The number of nitrogens with zero attached hydrogens (tertiary/aromatic N) is 3. The highest BCUT2D eigenvalue weighted by Gasteiger charge is 2.27. The van der Waals surface area contributed by atoms with Crippen LogP contribution in [0, 0.1) is 6.92 Å². The smallest absolute Gasteiger partial charge is 0.263 e. The van der Waals surface area contributed by atoms with Crippen LogP contribution in [0.25, 0.3) is 10.2 Å². The Labute approximate surface area is 207 Å². The molecule has 1 atom stereocenters. The Bertz CT molecular complexity index is 1290. The van der Waals surface area contributed by atoms with Crippen LogP contribution in [0.15, 0.2) is 34.2 Å². The molecule has 0 saturated carbocycles. The summed E-state index contributed by atoms with van der Waals surface area (Å²) in [6.45, 7) is 7.63. The molecule has 3 aromatic rings. The highest BCUT2D eigenvalue weighted by molar-refractivity contribution is 8.00. The first-order valence-corrected chi connectivity index (χ1v) is 13.2. The van der Waals surface area contributed by atoms with E-state index in [1.807, 2.05) is 45.0 Å². The summed E-state index contributed by atoms with van der Waals surface area (Å²) in [6, 6.07) is 7.43. The van der Waals surface area contributed by atoms with Crippen molar-refractivity contribution in [3.63, 3.8) is 0 Å². The third-order valence-electron chi connectivity index (χ3n) is 5.98. The van der Waals surface area contributed by atoms with E-state index in [0.29, 0.717) is 10.8 Å². The lowest BCUT2D eigenvalue weighted by atomic mass is 10.2. The molecule has 0 aliphatic heterocycles. The molecule has 180 valence electrons. The van der Waals surface area contributed by atoms with Gasteiger partial charge in [-0.15, -0.1) is 11.3 Å². The van der Waals surface area contributed by atoms with Gasteiger partial charge in [0, 0.05) is 23.7 Å². The fourth-order valence-electron chi connectivity index (χ4n) is 4.23. The summed E-state index contributed by atoms with van der Waals surface area (Å²) >= 11 is 2.87. The monoisotopic (exact) mass is 498 g/mol. The van der Waals surface area contributed by atoms with Gasteiger partial charge in [0.1, 0.15) is 4.83 Å². The molecule has 9 heteroatoms. The van der Waals surface area contributed by atoms with Crippen molar-refractivity contribution in [2.75, 3.05) is 18.9 Å². The topological polar surface area (TPSA) is 84.3 Å². The highest BCUT2D eigenvalue weighted by atomic mass is 32.2. The average Bonchev–Trinajstić information content (AvgIpc) is 3.35. The minimum Gasteiger partial charge on any atom is -0.335 e. The van der Waals surface area contributed by atoms with Crippen LogP contribution in [0.5, 0.6) is 0 Å². The number of hydrogen-bond donors (Lipinski definition) is 1. The first kappa shape index (κ1) is 24.5. The van der Waals surface area contributed by atoms with Gasteiger partial charge < -0.3 is 10.2 Å². The number of carbonyl (C=O) groups is 2. The van der Waals surface area contributed by atoms with E-state index in [1.165, 1.54) is 21.5 Å². The molecule has 0 radical (unpaired) electrons. The number of nitrogens with one attached hydrogen (secondary N) is 1. The lowest BCUT2D eigenvalue weighted by Gasteiger charge is -2.22. The van der Waals surface area contributed by atoms with E-state index in [9.17, 15) is 14.4 Å². The zero-order valence-corrected chi connectivity index (χ0v) is 21.8. The van der Waals surface area contributed by atoms with Crippen LogP contribution < -0.4 is 10.9 Å². The first-order chi connectivity index (χ1) is 16.2. The van der Waals surface area contributed by atoms with Crippen molar-refractivity contribution in [2.24, 2.45) is 0 Å². The Morgan fingerprint density at radius 1 is 1.21 bits per heavy atom. The van der Waals surface area contributed by atoms with Crippen molar-refractivity contribution in [1.29, 1.82) is 0 Å². The van der Waals surface area contributed by atoms with Crippen molar-refractivity contribution in [2.45, 2.75) is 63.4 Å². The minimum absolute atomic E-state index is 0.0209. The number of amides is 2. The number of aromatic nitrogens is 2. The standard InChI is InChI=1S/C25H30N4O3S2/c1-14(2)29-24(32)21-18-7-6-8-19(18)34-22(21)27-25(29)33-16(4)23(31)28(5)13-20(30)26-17-11-9-15(3)10-12-17/h9-12,14,16H,6-8,13H2,1-5H3,(H,26,30)/t16-/m1/s1. The van der Waals surface area contributed by atoms with Gasteiger partial charge in [0.05, 0.1) is 17.2 Å². The van der Waals surface area contributed by atoms with Gasteiger partial charge >= 0.3 is 0 Å². The van der Waals surface area contributed by atoms with E-state index >= 15 is 0 Å². The molecule has 4 rings (SSSR count). The number of thiophene rings is 1. The van der Waals surface area contributed by atoms with Crippen LogP contribution in [0.3, 0.4) is 0 Å². The molecule has 1 aromatic carbocycles. The Morgan fingerprint density at radius 2 is 1.91 bits per heavy atom. The van der Waals surface area contributed by atoms with Crippen LogP contribution in [0.1, 0.15) is 49.2 Å². The molecule has 2 aromatic heterocycles. The summed E-state index contributed by atoms with van der Waals surface area (Å²) in [5.74, 6) is -0.453. The van der Waals surface area contributed by atoms with Gasteiger partial charge in [0.25, 0.3) is 5.56 Å². The van der Waals surface area contributed by atoms with Crippen molar-refractivity contribution in [3.05, 3.63) is 50.6 Å². The molecule has 0 unspecified atom stereocenters. The second-order valence-corrected chi connectivity index (χ2v) is 11.5. The van der Waals surface area contributed by atoms with Crippen molar-refractivity contribution in [3.8, 4) is 0 Å². The maximum absolute atomic E-state index is 13.4. The van der Waals surface area contributed by atoms with Crippen molar-refractivity contribution >= 4 is 50.8 Å². The molecule has 1 aliphatic rings. The molecule has 1 aliphatic carbocycles. The summed E-state index contributed by atoms with van der Waals surface area (Å²) < 4.78 is 1.70. The minimum atomic E-state index is -0.502. The van der Waals surface area contributed by atoms with Gasteiger partial charge in [0.15, 0.2) is 5.16 Å². The summed E-state index contributed by atoms with van der Waals surface area (Å²) in [6.07, 6.45) is 3.02. The van der Waals surface area contributed by atoms with Crippen LogP contribution in [0.4, 0.5) is 5.69 Å². The Hall–Kier alpha value is -2.65. The van der Waals surface area contributed by atoms with Gasteiger partial charge in [-0.05, 0) is 64.7 Å². The van der Waals surface area contributed by atoms with Gasteiger partial charge in [-0.3, -0.25) is 19.0 Å². The number of aryl methyl sites for hydroxylation is 3. The average molecular weight is 499 g/mol. The van der Waals surface area contributed by atoms with Crippen molar-refractivity contribution < 1.29 is 9.59 Å². The number of rotatable bonds is 7. The molecule has 2 heterocycles. The van der Waals surface area contributed by atoms with Crippen molar-refractivity contribution in [1.82, 2.24) is 14.5 Å². The molecular formula is C25H30N4O3S2. The first-order valence-electron chi connectivity index (χ1n) is 11.5. The summed E-state index contributed by atoms with van der Waals surface area (Å²) in [7, 11) is 1.62. The molecule has 0 saturated heterocycles. The largest absolute Gasteiger partial charge is 0.335 e. The van der Waals surface area contributed by atoms with Crippen LogP contribution >= 0.6 is 23.1 Å². The number of carbonyl (C=O) groups excluding carboxylic acids is 2. The summed E-state index contributed by atoms with van der Waals surface area (Å²) in [5.41, 5.74) is 2.94. The summed E-state index contributed by atoms with van der Waals surface area (Å²) in [4.78, 5) is 47.1. The fraction of sp³-hybridized carbons (Fsp3) is 0.440. The second kappa shape index (κ2) is 9.92. The van der Waals surface area contributed by atoms with Crippen LogP contribution in [0.2, 0.25) is 0 Å². The quantitative estimate of drug-likeness (QED) is 0.385. The maximum atomic E-state index is 13.4. The molecule has 1 N–H and O–H groups in total. The van der Waals surface area contributed by atoms with Gasteiger partial charge in [-0.25, -0.2) is 4.98 Å². The predicted molar refractivity (Wildman–Crippen MR) is 139 cm³/mol. The van der Waals surface area contributed by atoms with E-state index in [0.717, 1.165) is 40.6 Å². The van der Waals surface area contributed by atoms with Gasteiger partial charge in [-0.2, -0.15) is 0 Å². The van der Waals surface area contributed by atoms with E-state index in [4.69, 9.17) is 4.98 Å². The summed E-state index contributed by atoms with van der Waals surface area (Å²) in [5, 5.41) is 3.61. The SMILES string of the molecule is Cc1ccc(NC(=O)CN(C)C(=O)[C@@H](C)Sc2nc3sc4c(c3c(=O)n2C(C)C)CCC4)cc1. The fourth-order valence-corrected chi connectivity index (χ4v) is 6.68. The molecule has 34 heavy (non-hydrogen) atoms. The number of benzene rings is 1. The molecule has 0 bridgehead atoms. The number of anilines is 1. The Kier molecular flexibility index (Phi) is 7.14. The van der Waals surface area contributed by atoms with Crippen LogP contribution in [-0.4, -0.2) is 45.1 Å². The van der Waals surface area contributed by atoms with Gasteiger partial charge in [-0.1, -0.05) is 29.5 Å². The molecule has 0 spiro atoms. The molecule has 0 fully saturated rings. The lowest BCUT2D eigenvalue weighted by molar-refractivity contribution is -0.132. The number of hydrogen-bond acceptors (Lipinski definition) is 6. The molecule has 2 amide bonds. The van der Waals surface area contributed by atoms with E-state index < -0.39 is 5.25 Å². The molecular weight excluding hydrogens is 468 g/mol. The predicted octanol–water partition coefficient (Wildman–Crippen LogP) is 4.41. The van der Waals surface area contributed by atoms with E-state index in [-0.39, 0.29) is 30.0 Å². The zero-order valence-electron chi connectivity index (χ0n) is 20.2. The number of fused-ring (bicyclic) bond motifs is 3. The van der Waals surface area contributed by atoms with Crippen LogP contribution in [-0.2, 0) is 22.4 Å². The van der Waals surface area contributed by atoms with Gasteiger partial charge in [0.2, 0.25) is 11.8 Å². The number of likely N-dealkylation sites (N-methyl/N-ethyl adjacent to an activating group) is 1. The Balaban J connectivity index is 1.49. The second-order valence-electron chi connectivity index (χ2n) is 9.07. The lowest BCUT2D eigenvalue weighted by Crippen LogP contribution is -2.39.